The summed E-state index contributed by atoms with van der Waals surface area (Å²) in [6, 6.07) is 0. The summed E-state index contributed by atoms with van der Waals surface area (Å²) in [6.45, 7) is 0.869. The Morgan fingerprint density at radius 1 is 1.00 bits per heavy atom. The van der Waals surface area contributed by atoms with Gasteiger partial charge in [0.25, 0.3) is 0 Å². The fourth-order valence-corrected chi connectivity index (χ4v) is 7.20. The smallest absolute Gasteiger partial charge is 0.311 e. The number of hydrogen-bond donors (Lipinski definition) is 1. The number of aliphatic hydroxyl groups is 1. The molecule has 6 rings (SSSR count). The molecule has 6 saturated carbocycles. The Hall–Kier alpha value is -0.610. The maximum absolute atomic E-state index is 12.2. The Morgan fingerprint density at radius 2 is 1.78 bits per heavy atom. The van der Waals surface area contributed by atoms with Gasteiger partial charge in [-0.15, -0.1) is 0 Å². The third-order valence-corrected chi connectivity index (χ3v) is 7.83. The number of ether oxygens (including phenoxy) is 2. The predicted molar refractivity (Wildman–Crippen MR) is 83.2 cm³/mol. The van der Waals surface area contributed by atoms with E-state index in [1.807, 2.05) is 0 Å². The first-order valence-electron chi connectivity index (χ1n) is 9.54. The molecule has 6 atom stereocenters. The lowest BCUT2D eigenvalue weighted by Crippen LogP contribution is -2.34. The van der Waals surface area contributed by atoms with Crippen LogP contribution < -0.4 is 0 Å². The van der Waals surface area contributed by atoms with E-state index in [1.165, 1.54) is 32.1 Å². The molecule has 4 heteroatoms. The number of carbonyl (C=O) groups excluding carboxylic acids is 1. The van der Waals surface area contributed by atoms with Crippen molar-refractivity contribution >= 4 is 5.97 Å². The van der Waals surface area contributed by atoms with Gasteiger partial charge in [-0.3, -0.25) is 4.79 Å². The Balaban J connectivity index is 1.09. The average Bonchev–Trinajstić information content (AvgIpc) is 3.21. The van der Waals surface area contributed by atoms with Gasteiger partial charge in [0, 0.05) is 0 Å². The average molecular weight is 320 g/mol. The summed E-state index contributed by atoms with van der Waals surface area (Å²) in [5.41, 5.74) is 0.394. The quantitative estimate of drug-likeness (QED) is 0.481. The maximum Gasteiger partial charge on any atom is 0.311 e. The van der Waals surface area contributed by atoms with E-state index in [0.717, 1.165) is 43.6 Å². The molecule has 0 amide bonds. The Kier molecular flexibility index (Phi) is 3.32. The van der Waals surface area contributed by atoms with Crippen molar-refractivity contribution in [3.63, 3.8) is 0 Å². The fourth-order valence-electron chi connectivity index (χ4n) is 7.20. The largest absolute Gasteiger partial charge is 0.438 e. The predicted octanol–water partition coefficient (Wildman–Crippen LogP) is 2.74. The van der Waals surface area contributed by atoms with Crippen LogP contribution in [0.5, 0.6) is 0 Å². The summed E-state index contributed by atoms with van der Waals surface area (Å²) >= 11 is 0. The van der Waals surface area contributed by atoms with Crippen LogP contribution >= 0.6 is 0 Å². The van der Waals surface area contributed by atoms with Gasteiger partial charge in [0.05, 0.1) is 18.6 Å². The first-order chi connectivity index (χ1) is 11.1. The molecule has 0 aliphatic heterocycles. The van der Waals surface area contributed by atoms with Gasteiger partial charge in [-0.2, -0.15) is 0 Å². The summed E-state index contributed by atoms with van der Waals surface area (Å²) in [5, 5.41) is 9.94. The minimum atomic E-state index is -0.296. The van der Waals surface area contributed by atoms with Crippen LogP contribution in [-0.2, 0) is 14.3 Å². The van der Waals surface area contributed by atoms with Crippen molar-refractivity contribution in [1.82, 2.24) is 0 Å². The number of esters is 1. The maximum atomic E-state index is 12.2. The molecule has 6 bridgehead atoms. The SMILES string of the molecule is O=C(OCOCC12CC3CC(C1)C(C3)C2)C1CC2CC(O)C1C2. The summed E-state index contributed by atoms with van der Waals surface area (Å²) in [4.78, 5) is 12.2. The molecule has 1 N–H and O–H groups in total. The van der Waals surface area contributed by atoms with E-state index in [4.69, 9.17) is 9.47 Å². The van der Waals surface area contributed by atoms with E-state index in [2.05, 4.69) is 0 Å². The second kappa shape index (κ2) is 5.19. The van der Waals surface area contributed by atoms with E-state index in [0.29, 0.717) is 11.3 Å². The van der Waals surface area contributed by atoms with Crippen molar-refractivity contribution in [2.24, 2.45) is 40.9 Å². The zero-order valence-electron chi connectivity index (χ0n) is 13.8. The molecule has 0 heterocycles. The number of hydrogen-bond acceptors (Lipinski definition) is 4. The Bertz CT molecular complexity index is 484. The summed E-state index contributed by atoms with van der Waals surface area (Å²) in [6.07, 6.45) is 9.37. The van der Waals surface area contributed by atoms with E-state index < -0.39 is 0 Å². The van der Waals surface area contributed by atoms with Gasteiger partial charge in [-0.1, -0.05) is 0 Å². The van der Waals surface area contributed by atoms with Crippen LogP contribution in [0.25, 0.3) is 0 Å². The Labute approximate surface area is 137 Å². The molecule has 6 unspecified atom stereocenters. The van der Waals surface area contributed by atoms with Crippen molar-refractivity contribution in [3.8, 4) is 0 Å². The van der Waals surface area contributed by atoms with E-state index >= 15 is 0 Å². The minimum Gasteiger partial charge on any atom is -0.438 e. The molecule has 4 nitrogen and oxygen atoms in total. The fraction of sp³-hybridized carbons (Fsp3) is 0.947. The van der Waals surface area contributed by atoms with Crippen LogP contribution in [0, 0.1) is 40.9 Å². The number of carbonyl (C=O) groups is 1. The van der Waals surface area contributed by atoms with Crippen molar-refractivity contribution < 1.29 is 19.4 Å². The number of fused-ring (bicyclic) bond motifs is 2. The molecule has 0 aromatic carbocycles. The number of aliphatic hydroxyl groups excluding tert-OH is 1. The zero-order chi connectivity index (χ0) is 15.6. The second-order valence-corrected chi connectivity index (χ2v) is 9.31. The highest BCUT2D eigenvalue weighted by Gasteiger charge is 2.55. The van der Waals surface area contributed by atoms with Gasteiger partial charge >= 0.3 is 5.97 Å². The van der Waals surface area contributed by atoms with Crippen molar-refractivity contribution in [1.29, 1.82) is 0 Å². The molecule has 6 aliphatic rings. The van der Waals surface area contributed by atoms with E-state index in [9.17, 15) is 9.90 Å². The normalized spacial score (nSPS) is 52.5. The van der Waals surface area contributed by atoms with Gasteiger partial charge in [0.15, 0.2) is 6.79 Å². The Morgan fingerprint density at radius 3 is 2.43 bits per heavy atom. The third kappa shape index (κ3) is 2.36. The molecule has 0 radical (unpaired) electrons. The molecule has 0 aromatic rings. The van der Waals surface area contributed by atoms with Crippen molar-refractivity contribution in [3.05, 3.63) is 0 Å². The highest BCUT2D eigenvalue weighted by molar-refractivity contribution is 5.73. The highest BCUT2D eigenvalue weighted by atomic mass is 16.7. The van der Waals surface area contributed by atoms with Crippen LogP contribution in [0.2, 0.25) is 0 Å². The van der Waals surface area contributed by atoms with E-state index in [1.54, 1.807) is 0 Å². The molecule has 128 valence electrons. The highest BCUT2D eigenvalue weighted by Crippen LogP contribution is 2.64. The van der Waals surface area contributed by atoms with Crippen molar-refractivity contribution in [2.75, 3.05) is 13.4 Å². The lowest BCUT2D eigenvalue weighted by Gasteiger charge is -2.38. The van der Waals surface area contributed by atoms with Gasteiger partial charge < -0.3 is 14.6 Å². The van der Waals surface area contributed by atoms with Crippen LogP contribution in [0.15, 0.2) is 0 Å². The first-order valence-corrected chi connectivity index (χ1v) is 9.54. The van der Waals surface area contributed by atoms with Crippen LogP contribution in [0.1, 0.15) is 51.4 Å². The molecular weight excluding hydrogens is 292 g/mol. The topological polar surface area (TPSA) is 55.8 Å². The zero-order valence-corrected chi connectivity index (χ0v) is 13.8. The van der Waals surface area contributed by atoms with Crippen LogP contribution in [0.4, 0.5) is 0 Å². The van der Waals surface area contributed by atoms with Gasteiger partial charge in [-0.25, -0.2) is 0 Å². The summed E-state index contributed by atoms with van der Waals surface area (Å²) in [5.74, 6) is 3.26. The molecule has 23 heavy (non-hydrogen) atoms. The summed E-state index contributed by atoms with van der Waals surface area (Å²) < 4.78 is 11.2. The van der Waals surface area contributed by atoms with Crippen molar-refractivity contribution in [2.45, 2.75) is 57.5 Å². The van der Waals surface area contributed by atoms with Gasteiger partial charge in [-0.05, 0) is 86.4 Å². The van der Waals surface area contributed by atoms with E-state index in [-0.39, 0.29) is 30.7 Å². The number of rotatable bonds is 5. The summed E-state index contributed by atoms with van der Waals surface area (Å²) in [7, 11) is 0. The minimum absolute atomic E-state index is 0.0938. The third-order valence-electron chi connectivity index (χ3n) is 7.83. The molecule has 6 aliphatic carbocycles. The van der Waals surface area contributed by atoms with Gasteiger partial charge in [0.1, 0.15) is 0 Å². The molecular formula is C19H28O4. The second-order valence-electron chi connectivity index (χ2n) is 9.31. The monoisotopic (exact) mass is 320 g/mol. The molecule has 0 saturated heterocycles. The molecule has 6 fully saturated rings. The molecule has 0 spiro atoms. The van der Waals surface area contributed by atoms with Crippen LogP contribution in [0.3, 0.4) is 0 Å². The lowest BCUT2D eigenvalue weighted by molar-refractivity contribution is -0.168. The van der Waals surface area contributed by atoms with Gasteiger partial charge in [0.2, 0.25) is 0 Å². The van der Waals surface area contributed by atoms with Crippen LogP contribution in [-0.4, -0.2) is 30.6 Å². The first kappa shape index (κ1) is 14.7. The molecule has 0 aromatic heterocycles. The standard InChI is InChI=1S/C19H28O4/c20-17-5-11-3-15(17)16(4-11)18(21)23-10-22-9-19-6-12-1-13(7-19)14(2-12)8-19/h11-17,20H,1-10H2. The lowest BCUT2D eigenvalue weighted by atomic mass is 9.70.